The van der Waals surface area contributed by atoms with Gasteiger partial charge >= 0.3 is 0 Å². The molecule has 2 aromatic carbocycles. The first-order valence-corrected chi connectivity index (χ1v) is 8.72. The number of benzene rings is 2. The molecule has 1 aromatic heterocycles. The first-order valence-electron chi connectivity index (χ1n) is 8.72. The van der Waals surface area contributed by atoms with Crippen LogP contribution in [0, 0.1) is 0 Å². The number of morpholine rings is 1. The van der Waals surface area contributed by atoms with E-state index in [1.807, 2.05) is 48.5 Å². The fraction of sp³-hybridized carbons (Fsp3) is 0.250. The van der Waals surface area contributed by atoms with E-state index < -0.39 is 0 Å². The quantitative estimate of drug-likeness (QED) is 0.784. The molecule has 3 aromatic rings. The van der Waals surface area contributed by atoms with E-state index in [0.717, 1.165) is 29.7 Å². The van der Waals surface area contributed by atoms with Crippen LogP contribution < -0.4 is 10.2 Å². The van der Waals surface area contributed by atoms with Gasteiger partial charge in [0.05, 0.1) is 19.8 Å². The molecule has 0 unspecified atom stereocenters. The molecule has 0 atom stereocenters. The van der Waals surface area contributed by atoms with Crippen LogP contribution in [0.25, 0.3) is 10.8 Å². The molecule has 1 aliphatic rings. The number of amides is 1. The van der Waals surface area contributed by atoms with Crippen LogP contribution in [0.2, 0.25) is 0 Å². The molecule has 6 nitrogen and oxygen atoms in total. The second-order valence-corrected chi connectivity index (χ2v) is 6.14. The van der Waals surface area contributed by atoms with Crippen LogP contribution in [-0.2, 0) is 11.3 Å². The van der Waals surface area contributed by atoms with Crippen LogP contribution in [0.15, 0.2) is 54.7 Å². The van der Waals surface area contributed by atoms with Gasteiger partial charge in [-0.15, -0.1) is 0 Å². The Morgan fingerprint density at radius 2 is 1.88 bits per heavy atom. The summed E-state index contributed by atoms with van der Waals surface area (Å²) in [6.45, 7) is 3.34. The summed E-state index contributed by atoms with van der Waals surface area (Å²) in [6.07, 6.45) is 1.73. The van der Waals surface area contributed by atoms with E-state index >= 15 is 0 Å². The number of nitrogens with one attached hydrogen (secondary N) is 1. The second kappa shape index (κ2) is 7.49. The molecule has 4 rings (SSSR count). The highest BCUT2D eigenvalue weighted by atomic mass is 16.5. The molecule has 1 N–H and O–H groups in total. The van der Waals surface area contributed by atoms with Crippen molar-refractivity contribution in [2.75, 3.05) is 31.2 Å². The number of nitrogens with zero attached hydrogens (tertiary/aromatic N) is 3. The summed E-state index contributed by atoms with van der Waals surface area (Å²) >= 11 is 0. The van der Waals surface area contributed by atoms with Crippen molar-refractivity contribution in [1.29, 1.82) is 0 Å². The third kappa shape index (κ3) is 3.50. The maximum Gasteiger partial charge on any atom is 0.252 e. The van der Waals surface area contributed by atoms with E-state index in [4.69, 9.17) is 4.74 Å². The lowest BCUT2D eigenvalue weighted by Gasteiger charge is -2.27. The molecule has 132 valence electrons. The average Bonchev–Trinajstić information content (AvgIpc) is 2.72. The molecule has 1 fully saturated rings. The number of fused-ring (bicyclic) bond motifs is 1. The van der Waals surface area contributed by atoms with Crippen LogP contribution in [0.1, 0.15) is 16.2 Å². The van der Waals surface area contributed by atoms with Crippen LogP contribution in [0.4, 0.5) is 5.82 Å². The highest BCUT2D eigenvalue weighted by molar-refractivity contribution is 6.06. The Labute approximate surface area is 151 Å². The molecule has 0 aliphatic carbocycles. The molecular formula is C20H20N4O2. The van der Waals surface area contributed by atoms with Crippen molar-refractivity contribution in [3.05, 3.63) is 66.1 Å². The lowest BCUT2D eigenvalue weighted by Crippen LogP contribution is -2.37. The van der Waals surface area contributed by atoms with E-state index in [1.165, 1.54) is 0 Å². The van der Waals surface area contributed by atoms with Crippen LogP contribution in [0.3, 0.4) is 0 Å². The number of anilines is 1. The maximum absolute atomic E-state index is 12.6. The van der Waals surface area contributed by atoms with E-state index in [2.05, 4.69) is 20.2 Å². The molecular weight excluding hydrogens is 328 g/mol. The van der Waals surface area contributed by atoms with Gasteiger partial charge in [0.2, 0.25) is 0 Å². The predicted molar refractivity (Wildman–Crippen MR) is 100 cm³/mol. The number of rotatable bonds is 4. The molecule has 6 heteroatoms. The number of ether oxygens (including phenoxy) is 1. The number of aromatic nitrogens is 2. The Kier molecular flexibility index (Phi) is 4.75. The van der Waals surface area contributed by atoms with Gasteiger partial charge in [-0.25, -0.2) is 9.97 Å². The number of hydrogen-bond donors (Lipinski definition) is 1. The monoisotopic (exact) mass is 348 g/mol. The topological polar surface area (TPSA) is 67.4 Å². The van der Waals surface area contributed by atoms with Gasteiger partial charge in [0.25, 0.3) is 5.91 Å². The lowest BCUT2D eigenvalue weighted by atomic mass is 10.0. The highest BCUT2D eigenvalue weighted by Gasteiger charge is 2.14. The van der Waals surface area contributed by atoms with Crippen molar-refractivity contribution < 1.29 is 9.53 Å². The molecule has 1 amide bonds. The summed E-state index contributed by atoms with van der Waals surface area (Å²) in [5, 5.41) is 4.92. The fourth-order valence-corrected chi connectivity index (χ4v) is 3.12. The Morgan fingerprint density at radius 3 is 2.77 bits per heavy atom. The minimum atomic E-state index is -0.123. The standard InChI is InChI=1S/C20H20N4O2/c25-20(17-7-3-5-15-4-1-2-6-16(15)17)22-14-18-21-9-8-19(23-18)24-10-12-26-13-11-24/h1-9H,10-14H2,(H,22,25). The third-order valence-electron chi connectivity index (χ3n) is 4.47. The molecule has 0 spiro atoms. The predicted octanol–water partition coefficient (Wildman–Crippen LogP) is 2.40. The zero-order valence-corrected chi connectivity index (χ0v) is 14.4. The van der Waals surface area contributed by atoms with E-state index in [-0.39, 0.29) is 5.91 Å². The normalized spacial score (nSPS) is 14.4. The van der Waals surface area contributed by atoms with E-state index in [0.29, 0.717) is 31.1 Å². The first-order chi connectivity index (χ1) is 12.8. The summed E-state index contributed by atoms with van der Waals surface area (Å²) in [5.74, 6) is 1.35. The van der Waals surface area contributed by atoms with Crippen molar-refractivity contribution in [3.63, 3.8) is 0 Å². The second-order valence-electron chi connectivity index (χ2n) is 6.14. The summed E-state index contributed by atoms with van der Waals surface area (Å²) in [7, 11) is 0. The Balaban J connectivity index is 1.47. The van der Waals surface area contributed by atoms with Crippen molar-refractivity contribution in [2.45, 2.75) is 6.54 Å². The number of carbonyl (C=O) groups excluding carboxylic acids is 1. The van der Waals surface area contributed by atoms with Crippen molar-refractivity contribution in [3.8, 4) is 0 Å². The van der Waals surface area contributed by atoms with Gasteiger partial charge in [0.15, 0.2) is 0 Å². The third-order valence-corrected chi connectivity index (χ3v) is 4.47. The molecule has 26 heavy (non-hydrogen) atoms. The Hall–Kier alpha value is -2.99. The summed E-state index contributed by atoms with van der Waals surface area (Å²) in [4.78, 5) is 23.6. The molecule has 0 bridgehead atoms. The van der Waals surface area contributed by atoms with Crippen LogP contribution >= 0.6 is 0 Å². The highest BCUT2D eigenvalue weighted by Crippen LogP contribution is 2.18. The molecule has 2 heterocycles. The Morgan fingerprint density at radius 1 is 1.08 bits per heavy atom. The van der Waals surface area contributed by atoms with E-state index in [1.54, 1.807) is 6.20 Å². The van der Waals surface area contributed by atoms with Crippen LogP contribution in [-0.4, -0.2) is 42.2 Å². The molecule has 0 radical (unpaired) electrons. The minimum Gasteiger partial charge on any atom is -0.378 e. The Bertz CT molecular complexity index is 917. The van der Waals surface area contributed by atoms with Crippen molar-refractivity contribution in [2.24, 2.45) is 0 Å². The van der Waals surface area contributed by atoms with Crippen molar-refractivity contribution in [1.82, 2.24) is 15.3 Å². The van der Waals surface area contributed by atoms with Gasteiger partial charge in [0.1, 0.15) is 11.6 Å². The van der Waals surface area contributed by atoms with Gasteiger partial charge in [-0.05, 0) is 22.9 Å². The van der Waals surface area contributed by atoms with Gasteiger partial charge in [-0.3, -0.25) is 4.79 Å². The van der Waals surface area contributed by atoms with Crippen LogP contribution in [0.5, 0.6) is 0 Å². The largest absolute Gasteiger partial charge is 0.378 e. The van der Waals surface area contributed by atoms with E-state index in [9.17, 15) is 4.79 Å². The fourth-order valence-electron chi connectivity index (χ4n) is 3.12. The van der Waals surface area contributed by atoms with Gasteiger partial charge in [-0.2, -0.15) is 0 Å². The SMILES string of the molecule is O=C(NCc1nccc(N2CCOCC2)n1)c1cccc2ccccc12. The average molecular weight is 348 g/mol. The van der Waals surface area contributed by atoms with Gasteiger partial charge in [0, 0.05) is 24.8 Å². The van der Waals surface area contributed by atoms with Gasteiger partial charge < -0.3 is 15.0 Å². The number of hydrogen-bond acceptors (Lipinski definition) is 5. The molecule has 1 saturated heterocycles. The minimum absolute atomic E-state index is 0.123. The first kappa shape index (κ1) is 16.5. The summed E-state index contributed by atoms with van der Waals surface area (Å²) in [5.41, 5.74) is 0.660. The van der Waals surface area contributed by atoms with Gasteiger partial charge in [-0.1, -0.05) is 36.4 Å². The zero-order chi connectivity index (χ0) is 17.8. The summed E-state index contributed by atoms with van der Waals surface area (Å²) in [6, 6.07) is 15.5. The number of carbonyl (C=O) groups is 1. The zero-order valence-electron chi connectivity index (χ0n) is 14.4. The van der Waals surface area contributed by atoms with Crippen molar-refractivity contribution >= 4 is 22.5 Å². The molecule has 0 saturated carbocycles. The summed E-state index contributed by atoms with van der Waals surface area (Å²) < 4.78 is 5.37. The maximum atomic E-state index is 12.6. The molecule has 1 aliphatic heterocycles. The lowest BCUT2D eigenvalue weighted by molar-refractivity contribution is 0.0951. The smallest absolute Gasteiger partial charge is 0.252 e.